The molecule has 1 aliphatic heterocycles. The quantitative estimate of drug-likeness (QED) is 0.483. The van der Waals surface area contributed by atoms with Crippen LogP contribution in [0, 0.1) is 6.92 Å². The van der Waals surface area contributed by atoms with Crippen molar-refractivity contribution in [1.29, 1.82) is 0 Å². The van der Waals surface area contributed by atoms with Crippen molar-refractivity contribution >= 4 is 28.4 Å². The summed E-state index contributed by atoms with van der Waals surface area (Å²) in [7, 11) is -3.48. The van der Waals surface area contributed by atoms with Crippen LogP contribution in [0.5, 0.6) is 0 Å². The summed E-state index contributed by atoms with van der Waals surface area (Å²) in [6, 6.07) is 7.22. The Morgan fingerprint density at radius 2 is 1.87 bits per heavy atom. The van der Waals surface area contributed by atoms with Gasteiger partial charge in [-0.05, 0) is 0 Å². The van der Waals surface area contributed by atoms with Gasteiger partial charge in [-0.25, -0.2) is 0 Å². The molecule has 0 spiro atoms. The van der Waals surface area contributed by atoms with Gasteiger partial charge in [0.25, 0.3) is 0 Å². The molecule has 23 heavy (non-hydrogen) atoms. The van der Waals surface area contributed by atoms with Crippen molar-refractivity contribution in [2.24, 2.45) is 0 Å². The van der Waals surface area contributed by atoms with Crippen LogP contribution in [0.1, 0.15) is 24.8 Å². The summed E-state index contributed by atoms with van der Waals surface area (Å²) in [6.45, 7) is 5.74. The third-order valence-electron chi connectivity index (χ3n) is 4.20. The van der Waals surface area contributed by atoms with E-state index in [0.29, 0.717) is 4.90 Å². The van der Waals surface area contributed by atoms with E-state index in [1.54, 1.807) is 16.4 Å². The fraction of sp³-hybridized carbons (Fsp3) is 0.444. The van der Waals surface area contributed by atoms with Gasteiger partial charge in [0.15, 0.2) is 0 Å². The number of aryl methyl sites for hydroxylation is 1. The van der Waals surface area contributed by atoms with E-state index in [9.17, 15) is 8.42 Å². The maximum absolute atomic E-state index is 13.3. The van der Waals surface area contributed by atoms with Gasteiger partial charge in [-0.15, -0.1) is 0 Å². The minimum atomic E-state index is -3.48. The first-order valence-corrected chi connectivity index (χ1v) is 19.5. The molecule has 5 heteroatoms. The first kappa shape index (κ1) is 18.6. The summed E-state index contributed by atoms with van der Waals surface area (Å²) in [6.07, 6.45) is 6.54. The number of nitrogens with zero attached hydrogens (tertiary/aromatic N) is 1. The number of allylic oxidation sites excluding steroid dienone is 1. The zero-order valence-corrected chi connectivity index (χ0v) is 18.2. The van der Waals surface area contributed by atoms with Crippen molar-refractivity contribution < 1.29 is 8.42 Å². The molecular formula is C18H27NO2SSn. The molecule has 0 bridgehead atoms. The zero-order chi connectivity index (χ0) is 17.3. The van der Waals surface area contributed by atoms with E-state index in [2.05, 4.69) is 27.5 Å². The summed E-state index contributed by atoms with van der Waals surface area (Å²) in [4.78, 5) is 7.21. The topological polar surface area (TPSA) is 37.4 Å². The van der Waals surface area contributed by atoms with Crippen molar-refractivity contribution in [1.82, 2.24) is 4.31 Å². The third kappa shape index (κ3) is 4.02. The van der Waals surface area contributed by atoms with E-state index in [1.807, 2.05) is 25.1 Å². The summed E-state index contributed by atoms with van der Waals surface area (Å²) < 4.78 is 29.4. The maximum atomic E-state index is 13.3. The molecule has 0 unspecified atom stereocenters. The van der Waals surface area contributed by atoms with E-state index in [4.69, 9.17) is 0 Å². The van der Waals surface area contributed by atoms with Crippen LogP contribution in [0.3, 0.4) is 0 Å². The van der Waals surface area contributed by atoms with Gasteiger partial charge < -0.3 is 0 Å². The summed E-state index contributed by atoms with van der Waals surface area (Å²) in [5, 5.41) is 0. The Bertz CT molecular complexity index is 700. The Kier molecular flexibility index (Phi) is 5.67. The first-order valence-electron chi connectivity index (χ1n) is 8.10. The summed E-state index contributed by atoms with van der Waals surface area (Å²) in [5.74, 6) is 0. The molecule has 0 fully saturated rings. The molecular weight excluding hydrogens is 413 g/mol. The fourth-order valence-electron chi connectivity index (χ4n) is 2.96. The zero-order valence-electron chi connectivity index (χ0n) is 14.5. The first-order chi connectivity index (χ1) is 10.7. The van der Waals surface area contributed by atoms with E-state index < -0.39 is 28.4 Å². The molecule has 1 heterocycles. The van der Waals surface area contributed by atoms with Gasteiger partial charge >= 0.3 is 145 Å². The number of rotatable bonds is 6. The van der Waals surface area contributed by atoms with Crippen LogP contribution in [-0.4, -0.2) is 37.1 Å². The van der Waals surface area contributed by atoms with Crippen LogP contribution in [0.15, 0.2) is 51.6 Å². The monoisotopic (exact) mass is 441 g/mol. The average Bonchev–Trinajstić information content (AvgIpc) is 2.90. The molecule has 0 saturated carbocycles. The predicted molar refractivity (Wildman–Crippen MR) is 99.5 cm³/mol. The molecule has 0 N–H and O–H groups in total. The summed E-state index contributed by atoms with van der Waals surface area (Å²) in [5.41, 5.74) is 1.07. The number of benzene rings is 1. The van der Waals surface area contributed by atoms with Crippen LogP contribution < -0.4 is 0 Å². The summed E-state index contributed by atoms with van der Waals surface area (Å²) >= 11 is -2.52. The van der Waals surface area contributed by atoms with Gasteiger partial charge in [0.1, 0.15) is 0 Å². The van der Waals surface area contributed by atoms with E-state index in [1.165, 1.54) is 0 Å². The van der Waals surface area contributed by atoms with Crippen LogP contribution in [-0.2, 0) is 10.0 Å². The van der Waals surface area contributed by atoms with Crippen molar-refractivity contribution in [3.05, 3.63) is 52.3 Å². The third-order valence-corrected chi connectivity index (χ3v) is 12.2. The van der Waals surface area contributed by atoms with E-state index in [0.717, 1.165) is 28.5 Å². The van der Waals surface area contributed by atoms with Crippen LogP contribution in [0.2, 0.25) is 14.8 Å². The SMILES string of the molecule is C=CCC[C@@H]1CC=[C]([Sn]([CH3])([CH3])[CH3])N1S(=O)(=O)c1ccc(C)cc1. The van der Waals surface area contributed by atoms with Gasteiger partial charge in [0, 0.05) is 0 Å². The molecule has 1 aliphatic rings. The molecule has 0 aromatic heterocycles. The Balaban J connectivity index is 2.45. The molecule has 3 nitrogen and oxygen atoms in total. The van der Waals surface area contributed by atoms with E-state index >= 15 is 0 Å². The van der Waals surface area contributed by atoms with Crippen LogP contribution >= 0.6 is 0 Å². The van der Waals surface area contributed by atoms with E-state index in [-0.39, 0.29) is 6.04 Å². The second-order valence-electron chi connectivity index (χ2n) is 7.21. The Morgan fingerprint density at radius 3 is 2.39 bits per heavy atom. The Morgan fingerprint density at radius 1 is 1.26 bits per heavy atom. The van der Waals surface area contributed by atoms with Crippen molar-refractivity contribution in [2.75, 3.05) is 0 Å². The number of hydrogen-bond donors (Lipinski definition) is 0. The molecule has 0 aliphatic carbocycles. The molecule has 1 atom stereocenters. The second kappa shape index (κ2) is 7.01. The van der Waals surface area contributed by atoms with Crippen molar-refractivity contribution in [3.63, 3.8) is 0 Å². The second-order valence-corrected chi connectivity index (χ2v) is 23.3. The molecule has 1 aromatic carbocycles. The van der Waals surface area contributed by atoms with Gasteiger partial charge in [0.2, 0.25) is 0 Å². The van der Waals surface area contributed by atoms with Crippen LogP contribution in [0.25, 0.3) is 0 Å². The average molecular weight is 440 g/mol. The predicted octanol–water partition coefficient (Wildman–Crippen LogP) is 4.49. The molecule has 2 rings (SSSR count). The standard InChI is InChI=1S/C15H18NO2S.3CH3.Sn/c1-3-4-6-14-7-5-12-16(14)19(17,18)15-10-8-13(2)9-11-15;;;;/h3,5,8-11,14H,1,4,6-7H2,2H3;3*1H3;/t14-;;;;/m1..../s1. The van der Waals surface area contributed by atoms with Crippen molar-refractivity contribution in [3.8, 4) is 0 Å². The Labute approximate surface area is 145 Å². The van der Waals surface area contributed by atoms with Crippen molar-refractivity contribution in [2.45, 2.75) is 51.9 Å². The molecule has 0 amide bonds. The van der Waals surface area contributed by atoms with Crippen LogP contribution in [0.4, 0.5) is 0 Å². The van der Waals surface area contributed by atoms with Gasteiger partial charge in [-0.3, -0.25) is 0 Å². The minimum absolute atomic E-state index is 0.0326. The molecule has 1 aromatic rings. The molecule has 0 radical (unpaired) electrons. The fourth-order valence-corrected chi connectivity index (χ4v) is 11.9. The normalized spacial score (nSPS) is 18.9. The van der Waals surface area contributed by atoms with Gasteiger partial charge in [0.05, 0.1) is 0 Å². The number of hydrogen-bond acceptors (Lipinski definition) is 2. The molecule has 0 saturated heterocycles. The van der Waals surface area contributed by atoms with Gasteiger partial charge in [-0.2, -0.15) is 0 Å². The number of sulfonamides is 1. The van der Waals surface area contributed by atoms with Gasteiger partial charge in [-0.1, -0.05) is 0 Å². The Hall–Kier alpha value is -0.751. The molecule has 126 valence electrons.